The molecule has 0 aliphatic heterocycles. The zero-order valence-electron chi connectivity index (χ0n) is 17.6. The van der Waals surface area contributed by atoms with E-state index in [0.29, 0.717) is 0 Å². The predicted octanol–water partition coefficient (Wildman–Crippen LogP) is 1.37. The standard InChI is InChI=1S/C18H30N2O8/c1-17(2,3)27-15(23)19-11-9(13(21)25-7)10(14(22)26-8)12(11)20-16(24)28-18(4,5)6/h9-12H,1-8H3,(H,19,23)(H,20,24). The summed E-state index contributed by atoms with van der Waals surface area (Å²) in [5.74, 6) is -3.55. The number of rotatable bonds is 4. The van der Waals surface area contributed by atoms with Gasteiger partial charge in [-0.05, 0) is 41.5 Å². The van der Waals surface area contributed by atoms with Crippen LogP contribution in [0.4, 0.5) is 9.59 Å². The first-order chi connectivity index (χ1) is 12.7. The molecule has 0 aromatic rings. The zero-order valence-corrected chi connectivity index (χ0v) is 17.6. The Labute approximate surface area is 164 Å². The maximum absolute atomic E-state index is 12.2. The molecule has 0 heterocycles. The van der Waals surface area contributed by atoms with E-state index >= 15 is 0 Å². The lowest BCUT2D eigenvalue weighted by Gasteiger charge is -2.48. The summed E-state index contributed by atoms with van der Waals surface area (Å²) < 4.78 is 19.9. The van der Waals surface area contributed by atoms with Gasteiger partial charge >= 0.3 is 24.1 Å². The predicted molar refractivity (Wildman–Crippen MR) is 97.3 cm³/mol. The average molecular weight is 402 g/mol. The van der Waals surface area contributed by atoms with Gasteiger partial charge in [0.05, 0.1) is 38.1 Å². The number of esters is 2. The minimum absolute atomic E-state index is 0.723. The number of nitrogens with one attached hydrogen (secondary N) is 2. The van der Waals surface area contributed by atoms with Crippen LogP contribution in [0.15, 0.2) is 0 Å². The van der Waals surface area contributed by atoms with E-state index < -0.39 is 59.2 Å². The summed E-state index contributed by atoms with van der Waals surface area (Å²) in [5.41, 5.74) is -1.55. The Morgan fingerprint density at radius 2 is 0.929 bits per heavy atom. The fourth-order valence-electron chi connectivity index (χ4n) is 2.85. The lowest BCUT2D eigenvalue weighted by molar-refractivity contribution is -0.170. The first kappa shape index (κ1) is 23.5. The summed E-state index contributed by atoms with van der Waals surface area (Å²) in [6.07, 6.45) is -1.60. The molecule has 4 unspecified atom stereocenters. The highest BCUT2D eigenvalue weighted by Gasteiger charge is 2.60. The Hall–Kier alpha value is -2.52. The van der Waals surface area contributed by atoms with Crippen LogP contribution in [0, 0.1) is 11.8 Å². The molecule has 0 bridgehead atoms. The number of carbonyl (C=O) groups excluding carboxylic acids is 4. The topological polar surface area (TPSA) is 129 Å². The number of hydrogen-bond donors (Lipinski definition) is 2. The maximum atomic E-state index is 12.2. The van der Waals surface area contributed by atoms with Crippen molar-refractivity contribution in [2.75, 3.05) is 14.2 Å². The van der Waals surface area contributed by atoms with E-state index in [4.69, 9.17) is 18.9 Å². The Balaban J connectivity index is 3.08. The highest BCUT2D eigenvalue weighted by Crippen LogP contribution is 2.37. The SMILES string of the molecule is COC(=O)C1C(NC(=O)OC(C)(C)C)C(NC(=O)OC(C)(C)C)C1C(=O)OC. The average Bonchev–Trinajstić information content (AvgIpc) is 2.51. The number of hydrogen-bond acceptors (Lipinski definition) is 8. The molecule has 1 saturated carbocycles. The molecule has 2 amide bonds. The first-order valence-corrected chi connectivity index (χ1v) is 8.85. The van der Waals surface area contributed by atoms with Gasteiger partial charge in [0.25, 0.3) is 0 Å². The lowest BCUT2D eigenvalue weighted by atomic mass is 9.64. The molecule has 1 fully saturated rings. The normalized spacial score (nSPS) is 24.3. The lowest BCUT2D eigenvalue weighted by Crippen LogP contribution is -2.73. The Morgan fingerprint density at radius 1 is 0.643 bits per heavy atom. The van der Waals surface area contributed by atoms with Crippen LogP contribution in [0.1, 0.15) is 41.5 Å². The molecule has 1 aliphatic carbocycles. The van der Waals surface area contributed by atoms with Gasteiger partial charge < -0.3 is 29.6 Å². The van der Waals surface area contributed by atoms with Crippen LogP contribution in [0.5, 0.6) is 0 Å². The van der Waals surface area contributed by atoms with Crippen molar-refractivity contribution in [2.45, 2.75) is 64.8 Å². The molecule has 160 valence electrons. The van der Waals surface area contributed by atoms with Gasteiger partial charge in [0.2, 0.25) is 0 Å². The second-order valence-corrected chi connectivity index (χ2v) is 8.44. The van der Waals surface area contributed by atoms with Crippen molar-refractivity contribution in [2.24, 2.45) is 11.8 Å². The molecule has 0 saturated heterocycles. The minimum Gasteiger partial charge on any atom is -0.469 e. The van der Waals surface area contributed by atoms with Crippen molar-refractivity contribution in [1.29, 1.82) is 0 Å². The molecule has 4 atom stereocenters. The molecule has 0 spiro atoms. The third-order valence-electron chi connectivity index (χ3n) is 3.86. The summed E-state index contributed by atoms with van der Waals surface area (Å²) in [4.78, 5) is 48.8. The second-order valence-electron chi connectivity index (χ2n) is 8.44. The van der Waals surface area contributed by atoms with Gasteiger partial charge in [0, 0.05) is 0 Å². The molecule has 0 aromatic heterocycles. The third kappa shape index (κ3) is 6.28. The van der Waals surface area contributed by atoms with Crippen molar-refractivity contribution in [1.82, 2.24) is 10.6 Å². The monoisotopic (exact) mass is 402 g/mol. The van der Waals surface area contributed by atoms with Crippen molar-refractivity contribution in [3.8, 4) is 0 Å². The van der Waals surface area contributed by atoms with Gasteiger partial charge in [-0.15, -0.1) is 0 Å². The first-order valence-electron chi connectivity index (χ1n) is 8.85. The number of ether oxygens (including phenoxy) is 4. The van der Waals surface area contributed by atoms with Crippen LogP contribution in [-0.4, -0.2) is 61.6 Å². The van der Waals surface area contributed by atoms with E-state index in [0.717, 1.165) is 14.2 Å². The summed E-state index contributed by atoms with van der Waals surface area (Å²) in [6.45, 7) is 10.1. The van der Waals surface area contributed by atoms with Gasteiger partial charge in [0.15, 0.2) is 0 Å². The quantitative estimate of drug-likeness (QED) is 0.533. The number of alkyl carbamates (subject to hydrolysis) is 2. The van der Waals surface area contributed by atoms with Crippen molar-refractivity contribution in [3.63, 3.8) is 0 Å². The van der Waals surface area contributed by atoms with Gasteiger partial charge in [-0.3, -0.25) is 9.59 Å². The van der Waals surface area contributed by atoms with Crippen molar-refractivity contribution in [3.05, 3.63) is 0 Å². The van der Waals surface area contributed by atoms with Crippen LogP contribution in [-0.2, 0) is 28.5 Å². The van der Waals surface area contributed by atoms with E-state index in [2.05, 4.69) is 10.6 Å². The summed E-state index contributed by atoms with van der Waals surface area (Å²) in [6, 6.07) is -1.89. The largest absolute Gasteiger partial charge is 0.469 e. The van der Waals surface area contributed by atoms with Gasteiger partial charge in [-0.2, -0.15) is 0 Å². The molecule has 28 heavy (non-hydrogen) atoms. The number of methoxy groups -OCH3 is 2. The highest BCUT2D eigenvalue weighted by atomic mass is 16.6. The molecule has 10 heteroatoms. The highest BCUT2D eigenvalue weighted by molar-refractivity contribution is 5.88. The van der Waals surface area contributed by atoms with Crippen LogP contribution in [0.25, 0.3) is 0 Å². The molecule has 1 aliphatic rings. The summed E-state index contributed by atoms with van der Waals surface area (Å²) >= 11 is 0. The fraction of sp³-hybridized carbons (Fsp3) is 0.778. The van der Waals surface area contributed by atoms with E-state index in [1.807, 2.05) is 0 Å². The summed E-state index contributed by atoms with van der Waals surface area (Å²) in [7, 11) is 2.33. The van der Waals surface area contributed by atoms with Crippen molar-refractivity contribution >= 4 is 24.1 Å². The molecule has 0 radical (unpaired) electrons. The van der Waals surface area contributed by atoms with Crippen LogP contribution < -0.4 is 10.6 Å². The zero-order chi connectivity index (χ0) is 21.9. The molecule has 0 aromatic carbocycles. The Morgan fingerprint density at radius 3 is 1.14 bits per heavy atom. The smallest absolute Gasteiger partial charge is 0.407 e. The molecular weight excluding hydrogens is 372 g/mol. The van der Waals surface area contributed by atoms with Gasteiger partial charge in [-0.25, -0.2) is 9.59 Å². The summed E-state index contributed by atoms with van der Waals surface area (Å²) in [5, 5.41) is 5.05. The number of carbonyl (C=O) groups is 4. The van der Waals surface area contributed by atoms with Crippen LogP contribution in [0.3, 0.4) is 0 Å². The van der Waals surface area contributed by atoms with E-state index in [1.54, 1.807) is 41.5 Å². The van der Waals surface area contributed by atoms with E-state index in [1.165, 1.54) is 0 Å². The molecule has 2 N–H and O–H groups in total. The third-order valence-corrected chi connectivity index (χ3v) is 3.86. The second kappa shape index (κ2) is 8.66. The van der Waals surface area contributed by atoms with E-state index in [-0.39, 0.29) is 0 Å². The number of amides is 2. The van der Waals surface area contributed by atoms with Crippen LogP contribution in [0.2, 0.25) is 0 Å². The van der Waals surface area contributed by atoms with Gasteiger partial charge in [-0.1, -0.05) is 0 Å². The molecule has 10 nitrogen and oxygen atoms in total. The van der Waals surface area contributed by atoms with Crippen molar-refractivity contribution < 1.29 is 38.1 Å². The molecular formula is C18H30N2O8. The Kier molecular flexibility index (Phi) is 7.27. The molecule has 1 rings (SSSR count). The minimum atomic E-state index is -1.05. The van der Waals surface area contributed by atoms with Gasteiger partial charge in [0.1, 0.15) is 11.2 Å². The Bertz CT molecular complexity index is 566. The maximum Gasteiger partial charge on any atom is 0.407 e. The van der Waals surface area contributed by atoms with E-state index in [9.17, 15) is 19.2 Å². The fourth-order valence-corrected chi connectivity index (χ4v) is 2.85. The van der Waals surface area contributed by atoms with Crippen LogP contribution >= 0.6 is 0 Å².